The summed E-state index contributed by atoms with van der Waals surface area (Å²) in [4.78, 5) is 15.0. The Morgan fingerprint density at radius 3 is 3.15 bits per heavy atom. The molecule has 13 heavy (non-hydrogen) atoms. The molecule has 5 heteroatoms. The Hall–Kier alpha value is -1.36. The zero-order valence-corrected chi connectivity index (χ0v) is 7.49. The molecule has 1 aromatic rings. The Kier molecular flexibility index (Phi) is 3.45. The Balaban J connectivity index is 2.26. The maximum Gasteiger partial charge on any atom is 0.226 e. The molecule has 1 unspecified atom stereocenters. The summed E-state index contributed by atoms with van der Waals surface area (Å²) >= 11 is 0. The number of amides is 1. The predicted octanol–water partition coefficient (Wildman–Crippen LogP) is -0.319. The largest absolute Gasteiger partial charge is 0.451 e. The highest BCUT2D eigenvalue weighted by Crippen LogP contribution is 1.94. The number of carbonyl (C=O) groups is 1. The van der Waals surface area contributed by atoms with Crippen molar-refractivity contribution in [3.8, 4) is 0 Å². The number of nitrogens with one attached hydrogen (secondary N) is 1. The van der Waals surface area contributed by atoms with Gasteiger partial charge in [-0.1, -0.05) is 0 Å². The molecule has 72 valence electrons. The fraction of sp³-hybridized carbons (Fsp3) is 0.500. The number of carbonyl (C=O) groups excluding carboxylic acids is 1. The van der Waals surface area contributed by atoms with Gasteiger partial charge in [-0.25, -0.2) is 4.98 Å². The van der Waals surface area contributed by atoms with E-state index in [1.807, 2.05) is 6.92 Å². The first-order valence-electron chi connectivity index (χ1n) is 4.08. The number of nitrogens with zero attached hydrogens (tertiary/aromatic N) is 1. The van der Waals surface area contributed by atoms with E-state index in [0.29, 0.717) is 12.2 Å². The Morgan fingerprint density at radius 2 is 2.62 bits per heavy atom. The van der Waals surface area contributed by atoms with Crippen LogP contribution in [-0.2, 0) is 11.2 Å². The highest BCUT2D eigenvalue weighted by molar-refractivity contribution is 5.77. The van der Waals surface area contributed by atoms with Crippen LogP contribution in [0.2, 0.25) is 0 Å². The second kappa shape index (κ2) is 4.61. The summed E-state index contributed by atoms with van der Waals surface area (Å²) in [6.07, 6.45) is 2.99. The number of aromatic nitrogens is 1. The van der Waals surface area contributed by atoms with E-state index in [2.05, 4.69) is 10.3 Å². The number of hydrogen-bond donors (Lipinski definition) is 2. The number of rotatable bonds is 4. The highest BCUT2D eigenvalue weighted by atomic mass is 16.3. The highest BCUT2D eigenvalue weighted by Gasteiger charge is 2.05. The molecule has 0 fully saturated rings. The molecule has 3 N–H and O–H groups in total. The van der Waals surface area contributed by atoms with Crippen molar-refractivity contribution in [3.63, 3.8) is 0 Å². The van der Waals surface area contributed by atoms with Gasteiger partial charge in [-0.05, 0) is 6.92 Å². The predicted molar refractivity (Wildman–Crippen MR) is 46.9 cm³/mol. The summed E-state index contributed by atoms with van der Waals surface area (Å²) < 4.78 is 4.73. The maximum atomic E-state index is 11.2. The van der Waals surface area contributed by atoms with Gasteiger partial charge < -0.3 is 15.5 Å². The average Bonchev–Trinajstić information content (AvgIpc) is 2.53. The van der Waals surface area contributed by atoms with Crippen LogP contribution in [0.1, 0.15) is 12.6 Å². The smallest absolute Gasteiger partial charge is 0.226 e. The van der Waals surface area contributed by atoms with Gasteiger partial charge >= 0.3 is 0 Å². The van der Waals surface area contributed by atoms with Crippen LogP contribution in [0.4, 0.5) is 0 Å². The SMILES string of the molecule is CC(N)CNC(=O)Cc1cocn1. The molecule has 1 aromatic heterocycles. The third kappa shape index (κ3) is 3.71. The molecule has 0 spiro atoms. The monoisotopic (exact) mass is 183 g/mol. The van der Waals surface area contributed by atoms with Crippen molar-refractivity contribution in [2.24, 2.45) is 5.73 Å². The van der Waals surface area contributed by atoms with E-state index in [4.69, 9.17) is 10.2 Å². The second-order valence-electron chi connectivity index (χ2n) is 2.94. The van der Waals surface area contributed by atoms with Gasteiger partial charge in [-0.3, -0.25) is 4.79 Å². The quantitative estimate of drug-likeness (QED) is 0.670. The molecule has 0 aliphatic heterocycles. The normalized spacial score (nSPS) is 12.5. The standard InChI is InChI=1S/C8H13N3O2/c1-6(9)3-10-8(12)2-7-4-13-5-11-7/h4-6H,2-3,9H2,1H3,(H,10,12). The lowest BCUT2D eigenvalue weighted by molar-refractivity contribution is -0.120. The molecule has 0 aromatic carbocycles. The molecule has 0 bridgehead atoms. The third-order valence-electron chi connectivity index (χ3n) is 1.45. The van der Waals surface area contributed by atoms with Gasteiger partial charge in [0, 0.05) is 12.6 Å². The molecule has 1 heterocycles. The van der Waals surface area contributed by atoms with E-state index in [1.165, 1.54) is 12.7 Å². The summed E-state index contributed by atoms with van der Waals surface area (Å²) in [6, 6.07) is -0.0266. The number of nitrogens with two attached hydrogens (primary N) is 1. The second-order valence-corrected chi connectivity index (χ2v) is 2.94. The van der Waals surface area contributed by atoms with Crippen LogP contribution in [0, 0.1) is 0 Å². The topological polar surface area (TPSA) is 81.1 Å². The molecule has 1 rings (SSSR count). The minimum Gasteiger partial charge on any atom is -0.451 e. The van der Waals surface area contributed by atoms with Gasteiger partial charge in [0.15, 0.2) is 6.39 Å². The van der Waals surface area contributed by atoms with E-state index in [0.717, 1.165) is 0 Å². The first kappa shape index (κ1) is 9.73. The first-order valence-corrected chi connectivity index (χ1v) is 4.08. The van der Waals surface area contributed by atoms with E-state index < -0.39 is 0 Å². The lowest BCUT2D eigenvalue weighted by Crippen LogP contribution is -2.35. The van der Waals surface area contributed by atoms with Crippen molar-refractivity contribution >= 4 is 5.91 Å². The Bertz CT molecular complexity index is 256. The van der Waals surface area contributed by atoms with Gasteiger partial charge in [0.1, 0.15) is 6.26 Å². The van der Waals surface area contributed by atoms with Crippen LogP contribution < -0.4 is 11.1 Å². The van der Waals surface area contributed by atoms with Crippen molar-refractivity contribution in [2.75, 3.05) is 6.54 Å². The van der Waals surface area contributed by atoms with Crippen LogP contribution >= 0.6 is 0 Å². The zero-order valence-electron chi connectivity index (χ0n) is 7.49. The summed E-state index contributed by atoms with van der Waals surface area (Å²) in [7, 11) is 0. The van der Waals surface area contributed by atoms with Crippen LogP contribution in [0.3, 0.4) is 0 Å². The molecule has 0 aliphatic carbocycles. The fourth-order valence-electron chi connectivity index (χ4n) is 0.827. The molecule has 1 amide bonds. The van der Waals surface area contributed by atoms with E-state index in [1.54, 1.807) is 0 Å². The van der Waals surface area contributed by atoms with E-state index >= 15 is 0 Å². The van der Waals surface area contributed by atoms with Crippen molar-refractivity contribution in [1.82, 2.24) is 10.3 Å². The molecule has 5 nitrogen and oxygen atoms in total. The average molecular weight is 183 g/mol. The molecule has 1 atom stereocenters. The maximum absolute atomic E-state index is 11.2. The number of hydrogen-bond acceptors (Lipinski definition) is 4. The molecule has 0 saturated carbocycles. The summed E-state index contributed by atoms with van der Waals surface area (Å²) in [5, 5.41) is 2.67. The van der Waals surface area contributed by atoms with Crippen molar-refractivity contribution in [3.05, 3.63) is 18.4 Å². The molecule has 0 radical (unpaired) electrons. The minimum atomic E-state index is -0.0915. The lowest BCUT2D eigenvalue weighted by atomic mass is 10.3. The van der Waals surface area contributed by atoms with Crippen LogP contribution in [0.15, 0.2) is 17.1 Å². The van der Waals surface area contributed by atoms with E-state index in [-0.39, 0.29) is 18.4 Å². The number of oxazole rings is 1. The van der Waals surface area contributed by atoms with Crippen LogP contribution in [-0.4, -0.2) is 23.5 Å². The lowest BCUT2D eigenvalue weighted by Gasteiger charge is -2.05. The third-order valence-corrected chi connectivity index (χ3v) is 1.45. The van der Waals surface area contributed by atoms with Gasteiger partial charge in [-0.15, -0.1) is 0 Å². The molecular weight excluding hydrogens is 170 g/mol. The fourth-order valence-corrected chi connectivity index (χ4v) is 0.827. The van der Waals surface area contributed by atoms with Gasteiger partial charge in [0.05, 0.1) is 12.1 Å². The van der Waals surface area contributed by atoms with Gasteiger partial charge in [0.25, 0.3) is 0 Å². The van der Waals surface area contributed by atoms with Crippen molar-refractivity contribution in [1.29, 1.82) is 0 Å². The summed E-state index contributed by atoms with van der Waals surface area (Å²) in [5.41, 5.74) is 6.09. The Labute approximate surface area is 76.3 Å². The molecule has 0 aliphatic rings. The van der Waals surface area contributed by atoms with E-state index in [9.17, 15) is 4.79 Å². The first-order chi connectivity index (χ1) is 6.18. The van der Waals surface area contributed by atoms with Crippen molar-refractivity contribution < 1.29 is 9.21 Å². The minimum absolute atomic E-state index is 0.0266. The van der Waals surface area contributed by atoms with Gasteiger partial charge in [0.2, 0.25) is 5.91 Å². The molecule has 0 saturated heterocycles. The van der Waals surface area contributed by atoms with Crippen LogP contribution in [0.25, 0.3) is 0 Å². The molecular formula is C8H13N3O2. The zero-order chi connectivity index (χ0) is 9.68. The van der Waals surface area contributed by atoms with Crippen molar-refractivity contribution in [2.45, 2.75) is 19.4 Å². The van der Waals surface area contributed by atoms with Gasteiger partial charge in [-0.2, -0.15) is 0 Å². The van der Waals surface area contributed by atoms with Crippen LogP contribution in [0.5, 0.6) is 0 Å². The Morgan fingerprint density at radius 1 is 1.85 bits per heavy atom. The summed E-state index contributed by atoms with van der Waals surface area (Å²) in [6.45, 7) is 2.31. The summed E-state index contributed by atoms with van der Waals surface area (Å²) in [5.74, 6) is -0.0915.